The van der Waals surface area contributed by atoms with Crippen LogP contribution >= 0.6 is 0 Å². The van der Waals surface area contributed by atoms with Crippen molar-refractivity contribution in [3.05, 3.63) is 72.9 Å². The molecule has 0 aromatic carbocycles. The van der Waals surface area contributed by atoms with Gasteiger partial charge in [-0.25, -0.2) is 0 Å². The van der Waals surface area contributed by atoms with Crippen LogP contribution in [0.5, 0.6) is 0 Å². The van der Waals surface area contributed by atoms with Gasteiger partial charge in [0.2, 0.25) is 0 Å². The van der Waals surface area contributed by atoms with Gasteiger partial charge in [-0.05, 0) is 89.9 Å². The zero-order valence-corrected chi connectivity index (χ0v) is 38.3. The molecule has 0 saturated carbocycles. The number of carbonyl (C=O) groups excluding carboxylic acids is 2. The second-order valence-corrected chi connectivity index (χ2v) is 16.0. The Hall–Kier alpha value is -2.66. The lowest BCUT2D eigenvalue weighted by atomic mass is 10.1. The molecule has 0 fully saturated rings. The van der Waals surface area contributed by atoms with Crippen molar-refractivity contribution in [2.45, 2.75) is 232 Å². The van der Waals surface area contributed by atoms with Crippen LogP contribution in [0.1, 0.15) is 226 Å². The van der Waals surface area contributed by atoms with E-state index in [0.29, 0.717) is 19.4 Å². The summed E-state index contributed by atoms with van der Waals surface area (Å²) in [6, 6.07) is 0. The summed E-state index contributed by atoms with van der Waals surface area (Å²) in [5.74, 6) is -0.426. The minimum atomic E-state index is -0.545. The first-order valence-corrected chi connectivity index (χ1v) is 24.5. The van der Waals surface area contributed by atoms with Gasteiger partial charge in [-0.2, -0.15) is 0 Å². The van der Waals surface area contributed by atoms with Crippen molar-refractivity contribution in [3.8, 4) is 0 Å². The molecule has 58 heavy (non-hydrogen) atoms. The average molecular weight is 809 g/mol. The van der Waals surface area contributed by atoms with Crippen LogP contribution in [0, 0.1) is 0 Å². The lowest BCUT2D eigenvalue weighted by Crippen LogP contribution is -2.30. The summed E-state index contributed by atoms with van der Waals surface area (Å²) in [7, 11) is 0. The molecule has 5 nitrogen and oxygen atoms in total. The van der Waals surface area contributed by atoms with Gasteiger partial charge in [0.25, 0.3) is 0 Å². The Morgan fingerprint density at radius 2 is 0.776 bits per heavy atom. The molecule has 0 aliphatic heterocycles. The number of carbonyl (C=O) groups is 2. The molecule has 0 spiro atoms. The van der Waals surface area contributed by atoms with E-state index in [1.54, 1.807) is 0 Å². The van der Waals surface area contributed by atoms with E-state index in [1.165, 1.54) is 96.3 Å². The first-order valence-electron chi connectivity index (χ1n) is 24.5. The lowest BCUT2D eigenvalue weighted by molar-refractivity contribution is -0.163. The zero-order valence-electron chi connectivity index (χ0n) is 38.3. The summed E-state index contributed by atoms with van der Waals surface area (Å²) in [6.45, 7) is 7.63. The van der Waals surface area contributed by atoms with E-state index in [4.69, 9.17) is 14.2 Å². The molecule has 0 radical (unpaired) electrons. The van der Waals surface area contributed by atoms with Crippen molar-refractivity contribution < 1.29 is 23.8 Å². The van der Waals surface area contributed by atoms with Crippen molar-refractivity contribution >= 4 is 11.9 Å². The standard InChI is InChI=1S/C53H92O5/c1-4-7-10-13-16-18-20-22-24-26-27-29-30-32-34-36-38-40-43-46-52(54)57-50-51(49-56-48-45-42-15-12-9-6-3)58-53(55)47-44-41-39-37-35-33-31-28-25-23-21-19-17-14-11-8-5-2/h8,11,16-19,22-25,27,29,51H,4-7,9-10,12-15,20-21,26,28,30-50H2,1-3H3/b11-8-,18-16-,19-17-,24-22-,25-23-,29-27-. The van der Waals surface area contributed by atoms with Gasteiger partial charge in [-0.3, -0.25) is 9.59 Å². The first kappa shape index (κ1) is 55.3. The van der Waals surface area contributed by atoms with Gasteiger partial charge in [-0.15, -0.1) is 0 Å². The number of hydrogen-bond donors (Lipinski definition) is 0. The topological polar surface area (TPSA) is 61.8 Å². The Bertz CT molecular complexity index is 1050. The second-order valence-electron chi connectivity index (χ2n) is 16.0. The van der Waals surface area contributed by atoms with E-state index >= 15 is 0 Å². The first-order chi connectivity index (χ1) is 28.6. The van der Waals surface area contributed by atoms with Gasteiger partial charge < -0.3 is 14.2 Å². The number of ether oxygens (including phenoxy) is 3. The van der Waals surface area contributed by atoms with E-state index in [-0.39, 0.29) is 25.2 Å². The van der Waals surface area contributed by atoms with Crippen molar-refractivity contribution in [2.24, 2.45) is 0 Å². The van der Waals surface area contributed by atoms with Crippen LogP contribution in [-0.2, 0) is 23.8 Å². The minimum Gasteiger partial charge on any atom is -0.462 e. The van der Waals surface area contributed by atoms with Gasteiger partial charge in [-0.1, -0.05) is 196 Å². The largest absolute Gasteiger partial charge is 0.462 e. The Labute approximate surface area is 359 Å². The van der Waals surface area contributed by atoms with E-state index in [2.05, 4.69) is 93.7 Å². The van der Waals surface area contributed by atoms with E-state index in [1.807, 2.05) is 0 Å². The van der Waals surface area contributed by atoms with E-state index in [9.17, 15) is 9.59 Å². The lowest BCUT2D eigenvalue weighted by Gasteiger charge is -2.18. The molecule has 0 N–H and O–H groups in total. The fourth-order valence-electron chi connectivity index (χ4n) is 6.59. The van der Waals surface area contributed by atoms with Crippen LogP contribution in [0.2, 0.25) is 0 Å². The molecule has 1 atom stereocenters. The third-order valence-corrected chi connectivity index (χ3v) is 10.2. The van der Waals surface area contributed by atoms with Gasteiger partial charge in [0.1, 0.15) is 6.61 Å². The molecule has 334 valence electrons. The smallest absolute Gasteiger partial charge is 0.306 e. The highest BCUT2D eigenvalue weighted by atomic mass is 16.6. The maximum Gasteiger partial charge on any atom is 0.306 e. The quantitative estimate of drug-likeness (QED) is 0.0348. The van der Waals surface area contributed by atoms with Crippen LogP contribution in [0.15, 0.2) is 72.9 Å². The van der Waals surface area contributed by atoms with Crippen molar-refractivity contribution in [1.82, 2.24) is 0 Å². The Morgan fingerprint density at radius 3 is 1.28 bits per heavy atom. The Kier molecular flexibility index (Phi) is 46.5. The fourth-order valence-corrected chi connectivity index (χ4v) is 6.59. The van der Waals surface area contributed by atoms with Crippen LogP contribution < -0.4 is 0 Å². The molecule has 0 amide bonds. The summed E-state index contributed by atoms with van der Waals surface area (Å²) in [5.41, 5.74) is 0. The molecule has 5 heteroatoms. The molecule has 0 heterocycles. The molecule has 1 unspecified atom stereocenters. The minimum absolute atomic E-state index is 0.0725. The SMILES string of the molecule is CC/C=C\C/C=C\C/C=C\CCCCCCCCCC(=O)OC(COCCCCCCCC)COC(=O)CCCCCCCC/C=C\C/C=C\C/C=C\CCCCC. The fraction of sp³-hybridized carbons (Fsp3) is 0.736. The normalized spacial score (nSPS) is 12.8. The molecule has 0 aliphatic rings. The number of rotatable bonds is 44. The third-order valence-electron chi connectivity index (χ3n) is 10.2. The van der Waals surface area contributed by atoms with E-state index < -0.39 is 6.10 Å². The summed E-state index contributed by atoms with van der Waals surface area (Å²) in [5, 5.41) is 0. The maximum atomic E-state index is 12.7. The van der Waals surface area contributed by atoms with Crippen LogP contribution in [0.4, 0.5) is 0 Å². The van der Waals surface area contributed by atoms with Crippen molar-refractivity contribution in [3.63, 3.8) is 0 Å². The van der Waals surface area contributed by atoms with Crippen LogP contribution in [0.25, 0.3) is 0 Å². The zero-order chi connectivity index (χ0) is 42.1. The van der Waals surface area contributed by atoms with Crippen LogP contribution in [0.3, 0.4) is 0 Å². The Morgan fingerprint density at radius 1 is 0.397 bits per heavy atom. The molecule has 0 aromatic heterocycles. The van der Waals surface area contributed by atoms with Gasteiger partial charge in [0.15, 0.2) is 6.10 Å². The number of esters is 2. The van der Waals surface area contributed by atoms with Crippen molar-refractivity contribution in [1.29, 1.82) is 0 Å². The van der Waals surface area contributed by atoms with Crippen molar-refractivity contribution in [2.75, 3.05) is 19.8 Å². The highest BCUT2D eigenvalue weighted by molar-refractivity contribution is 5.70. The maximum absolute atomic E-state index is 12.7. The average Bonchev–Trinajstić information content (AvgIpc) is 3.22. The number of unbranched alkanes of at least 4 members (excludes halogenated alkanes) is 21. The number of allylic oxidation sites excluding steroid dienone is 12. The number of hydrogen-bond acceptors (Lipinski definition) is 5. The highest BCUT2D eigenvalue weighted by Crippen LogP contribution is 2.13. The van der Waals surface area contributed by atoms with Gasteiger partial charge in [0.05, 0.1) is 6.61 Å². The monoisotopic (exact) mass is 809 g/mol. The third kappa shape index (κ3) is 46.0. The summed E-state index contributed by atoms with van der Waals surface area (Å²) < 4.78 is 17.2. The summed E-state index contributed by atoms with van der Waals surface area (Å²) >= 11 is 0. The molecule has 0 bridgehead atoms. The predicted molar refractivity (Wildman–Crippen MR) is 251 cm³/mol. The van der Waals surface area contributed by atoms with Crippen LogP contribution in [-0.4, -0.2) is 37.9 Å². The molecule has 0 saturated heterocycles. The molecular weight excluding hydrogens is 717 g/mol. The molecular formula is C53H92O5. The summed E-state index contributed by atoms with van der Waals surface area (Å²) in [6.07, 6.45) is 62.0. The van der Waals surface area contributed by atoms with Gasteiger partial charge >= 0.3 is 11.9 Å². The second kappa shape index (κ2) is 48.7. The molecule has 0 rings (SSSR count). The summed E-state index contributed by atoms with van der Waals surface area (Å²) in [4.78, 5) is 25.3. The predicted octanol–water partition coefficient (Wildman–Crippen LogP) is 16.3. The van der Waals surface area contributed by atoms with Gasteiger partial charge in [0, 0.05) is 19.4 Å². The molecule has 0 aromatic rings. The highest BCUT2D eigenvalue weighted by Gasteiger charge is 2.17. The van der Waals surface area contributed by atoms with E-state index in [0.717, 1.165) is 96.3 Å². The molecule has 0 aliphatic carbocycles. The Balaban J connectivity index is 4.13.